The first kappa shape index (κ1) is 13.2. The Kier molecular flexibility index (Phi) is 3.93. The summed E-state index contributed by atoms with van der Waals surface area (Å²) in [5, 5.41) is 10.1. The van der Waals surface area contributed by atoms with E-state index in [1.807, 2.05) is 0 Å². The zero-order chi connectivity index (χ0) is 13.7. The highest BCUT2D eigenvalue weighted by Gasteiger charge is 2.32. The van der Waals surface area contributed by atoms with Crippen LogP contribution in [0, 0.1) is 0 Å². The molecule has 0 aliphatic rings. The molecule has 102 valence electrons. The quantitative estimate of drug-likeness (QED) is 0.837. The van der Waals surface area contributed by atoms with E-state index in [1.54, 1.807) is 17.1 Å². The van der Waals surface area contributed by atoms with Crippen molar-refractivity contribution in [2.45, 2.75) is 19.1 Å². The number of aromatic nitrogens is 5. The Morgan fingerprint density at radius 2 is 2.11 bits per heavy atom. The van der Waals surface area contributed by atoms with Gasteiger partial charge in [0.15, 0.2) is 0 Å². The molecule has 6 nitrogen and oxygen atoms in total. The second-order valence-corrected chi connectivity index (χ2v) is 3.71. The molecule has 2 heterocycles. The van der Waals surface area contributed by atoms with Gasteiger partial charge in [0.25, 0.3) is 0 Å². The molecule has 0 atom stereocenters. The monoisotopic (exact) mass is 272 g/mol. The highest BCUT2D eigenvalue weighted by Crippen LogP contribution is 2.27. The lowest BCUT2D eigenvalue weighted by molar-refractivity contribution is -0.141. The average molecular weight is 272 g/mol. The van der Waals surface area contributed by atoms with Gasteiger partial charge in [-0.1, -0.05) is 5.21 Å². The second-order valence-electron chi connectivity index (χ2n) is 3.71. The minimum atomic E-state index is -4.46. The van der Waals surface area contributed by atoms with Gasteiger partial charge in [0.05, 0.1) is 6.20 Å². The van der Waals surface area contributed by atoms with E-state index < -0.39 is 11.9 Å². The van der Waals surface area contributed by atoms with Gasteiger partial charge < -0.3 is 5.32 Å². The SMILES string of the molecule is FC(F)(F)c1ccnc(NCCCn2ccnn2)n1. The van der Waals surface area contributed by atoms with Crippen LogP contribution in [0.2, 0.25) is 0 Å². The van der Waals surface area contributed by atoms with Gasteiger partial charge in [0, 0.05) is 25.5 Å². The van der Waals surface area contributed by atoms with Gasteiger partial charge in [-0.15, -0.1) is 5.10 Å². The van der Waals surface area contributed by atoms with E-state index in [0.717, 1.165) is 12.3 Å². The zero-order valence-corrected chi connectivity index (χ0v) is 9.80. The highest BCUT2D eigenvalue weighted by atomic mass is 19.4. The Morgan fingerprint density at radius 3 is 2.79 bits per heavy atom. The van der Waals surface area contributed by atoms with E-state index in [9.17, 15) is 13.2 Å². The van der Waals surface area contributed by atoms with Crippen LogP contribution in [0.1, 0.15) is 12.1 Å². The highest BCUT2D eigenvalue weighted by molar-refractivity contribution is 5.25. The van der Waals surface area contributed by atoms with E-state index in [-0.39, 0.29) is 5.95 Å². The van der Waals surface area contributed by atoms with Crippen LogP contribution in [0.4, 0.5) is 19.1 Å². The summed E-state index contributed by atoms with van der Waals surface area (Å²) in [5.41, 5.74) is -0.957. The third kappa shape index (κ3) is 3.90. The van der Waals surface area contributed by atoms with Crippen LogP contribution in [0.3, 0.4) is 0 Å². The first-order valence-electron chi connectivity index (χ1n) is 5.54. The fourth-order valence-electron chi connectivity index (χ4n) is 1.39. The summed E-state index contributed by atoms with van der Waals surface area (Å²) < 4.78 is 38.8. The van der Waals surface area contributed by atoms with Crippen molar-refractivity contribution < 1.29 is 13.2 Å². The molecule has 0 spiro atoms. The predicted octanol–water partition coefficient (Wildman–Crippen LogP) is 1.59. The van der Waals surface area contributed by atoms with Crippen LogP contribution in [-0.4, -0.2) is 31.5 Å². The summed E-state index contributed by atoms with van der Waals surface area (Å²) >= 11 is 0. The minimum Gasteiger partial charge on any atom is -0.354 e. The van der Waals surface area contributed by atoms with Crippen molar-refractivity contribution in [3.8, 4) is 0 Å². The van der Waals surface area contributed by atoms with Crippen LogP contribution >= 0.6 is 0 Å². The van der Waals surface area contributed by atoms with Gasteiger partial charge in [-0.2, -0.15) is 13.2 Å². The van der Waals surface area contributed by atoms with Crippen LogP contribution < -0.4 is 5.32 Å². The Balaban J connectivity index is 1.83. The van der Waals surface area contributed by atoms with E-state index in [0.29, 0.717) is 19.5 Å². The maximum atomic E-state index is 12.4. The standard InChI is InChI=1S/C10H11F3N6/c11-10(12,13)8-2-4-15-9(17-8)14-3-1-6-19-7-5-16-18-19/h2,4-5,7H,1,3,6H2,(H,14,15,17). The van der Waals surface area contributed by atoms with E-state index >= 15 is 0 Å². The molecule has 0 saturated heterocycles. The summed E-state index contributed by atoms with van der Waals surface area (Å²) in [6, 6.07) is 0.834. The third-order valence-corrected chi connectivity index (χ3v) is 2.27. The molecule has 2 aromatic heterocycles. The summed E-state index contributed by atoms with van der Waals surface area (Å²) in [7, 11) is 0. The van der Waals surface area contributed by atoms with Crippen molar-refractivity contribution in [2.24, 2.45) is 0 Å². The molecular formula is C10H11F3N6. The van der Waals surface area contributed by atoms with Crippen molar-refractivity contribution in [2.75, 3.05) is 11.9 Å². The molecule has 0 bridgehead atoms. The molecule has 2 aromatic rings. The van der Waals surface area contributed by atoms with Gasteiger partial charge in [0.1, 0.15) is 5.69 Å². The Morgan fingerprint density at radius 1 is 1.26 bits per heavy atom. The number of rotatable bonds is 5. The number of nitrogens with one attached hydrogen (secondary N) is 1. The molecule has 0 amide bonds. The predicted molar refractivity (Wildman–Crippen MR) is 60.2 cm³/mol. The zero-order valence-electron chi connectivity index (χ0n) is 9.80. The molecule has 2 rings (SSSR count). The number of anilines is 1. The van der Waals surface area contributed by atoms with Gasteiger partial charge in [-0.3, -0.25) is 4.68 Å². The average Bonchev–Trinajstić information content (AvgIpc) is 2.87. The summed E-state index contributed by atoms with van der Waals surface area (Å²) in [5.74, 6) is -0.0339. The molecule has 0 aromatic carbocycles. The molecule has 19 heavy (non-hydrogen) atoms. The van der Waals surface area contributed by atoms with E-state index in [4.69, 9.17) is 0 Å². The number of halogens is 3. The number of alkyl halides is 3. The maximum Gasteiger partial charge on any atom is 0.433 e. The van der Waals surface area contributed by atoms with Crippen LogP contribution in [0.25, 0.3) is 0 Å². The first-order chi connectivity index (χ1) is 9.05. The second kappa shape index (κ2) is 5.63. The van der Waals surface area contributed by atoms with Gasteiger partial charge in [-0.25, -0.2) is 9.97 Å². The van der Waals surface area contributed by atoms with Crippen LogP contribution in [-0.2, 0) is 12.7 Å². The Hall–Kier alpha value is -2.19. The van der Waals surface area contributed by atoms with Crippen LogP contribution in [0.5, 0.6) is 0 Å². The Bertz CT molecular complexity index is 510. The van der Waals surface area contributed by atoms with Crippen LogP contribution in [0.15, 0.2) is 24.7 Å². The Labute approximate surface area is 106 Å². The van der Waals surface area contributed by atoms with Crippen molar-refractivity contribution in [1.82, 2.24) is 25.0 Å². The molecule has 1 N–H and O–H groups in total. The molecular weight excluding hydrogens is 261 g/mol. The molecule has 0 fully saturated rings. The van der Waals surface area contributed by atoms with Gasteiger partial charge in [-0.05, 0) is 12.5 Å². The normalized spacial score (nSPS) is 11.5. The largest absolute Gasteiger partial charge is 0.433 e. The number of aryl methyl sites for hydroxylation is 1. The smallest absolute Gasteiger partial charge is 0.354 e. The van der Waals surface area contributed by atoms with Gasteiger partial charge in [0.2, 0.25) is 5.95 Å². The lowest BCUT2D eigenvalue weighted by Crippen LogP contribution is -2.13. The summed E-state index contributed by atoms with van der Waals surface area (Å²) in [6.07, 6.45) is 0.558. The summed E-state index contributed by atoms with van der Waals surface area (Å²) in [4.78, 5) is 7.13. The number of hydrogen-bond donors (Lipinski definition) is 1. The number of hydrogen-bond acceptors (Lipinski definition) is 5. The van der Waals surface area contributed by atoms with E-state index in [2.05, 4.69) is 25.6 Å². The molecule has 0 aliphatic heterocycles. The topological polar surface area (TPSA) is 68.5 Å². The molecule has 0 aliphatic carbocycles. The number of nitrogens with zero attached hydrogens (tertiary/aromatic N) is 5. The molecule has 0 radical (unpaired) electrons. The fourth-order valence-corrected chi connectivity index (χ4v) is 1.39. The molecule has 0 unspecified atom stereocenters. The summed E-state index contributed by atoms with van der Waals surface area (Å²) in [6.45, 7) is 1.06. The van der Waals surface area contributed by atoms with Crippen molar-refractivity contribution in [3.63, 3.8) is 0 Å². The molecule has 9 heteroatoms. The first-order valence-corrected chi connectivity index (χ1v) is 5.54. The van der Waals surface area contributed by atoms with E-state index in [1.165, 1.54) is 0 Å². The lowest BCUT2D eigenvalue weighted by atomic mass is 10.4. The van der Waals surface area contributed by atoms with Crippen molar-refractivity contribution in [3.05, 3.63) is 30.4 Å². The fraction of sp³-hybridized carbons (Fsp3) is 0.400. The minimum absolute atomic E-state index is 0.0339. The third-order valence-electron chi connectivity index (χ3n) is 2.27. The van der Waals surface area contributed by atoms with Crippen molar-refractivity contribution in [1.29, 1.82) is 0 Å². The maximum absolute atomic E-state index is 12.4. The molecule has 0 saturated carbocycles. The van der Waals surface area contributed by atoms with Crippen molar-refractivity contribution >= 4 is 5.95 Å². The van der Waals surface area contributed by atoms with Gasteiger partial charge >= 0.3 is 6.18 Å². The lowest BCUT2D eigenvalue weighted by Gasteiger charge is -2.08.